The fourth-order valence-electron chi connectivity index (χ4n) is 1.15. The van der Waals surface area contributed by atoms with E-state index in [1.165, 1.54) is 0 Å². The average molecular weight is 215 g/mol. The highest BCUT2D eigenvalue weighted by Crippen LogP contribution is 2.22. The van der Waals surface area contributed by atoms with Crippen LogP contribution in [0.2, 0.25) is 5.02 Å². The van der Waals surface area contributed by atoms with Gasteiger partial charge >= 0.3 is 0 Å². The van der Waals surface area contributed by atoms with E-state index in [1.807, 2.05) is 18.2 Å². The quantitative estimate of drug-likeness (QED) is 0.702. The molecule has 78 valence electrons. The second-order valence-corrected chi connectivity index (χ2v) is 3.36. The van der Waals surface area contributed by atoms with Crippen LogP contribution in [-0.2, 0) is 11.2 Å². The average Bonchev–Trinajstić information content (AvgIpc) is 2.18. The first-order valence-electron chi connectivity index (χ1n) is 4.68. The van der Waals surface area contributed by atoms with Crippen LogP contribution in [0.25, 0.3) is 0 Å². The minimum Gasteiger partial charge on any atom is -0.491 e. The predicted octanol–water partition coefficient (Wildman–Crippen LogP) is 2.93. The molecular weight excluding hydrogens is 200 g/mol. The normalized spacial score (nSPS) is 10.2. The van der Waals surface area contributed by atoms with Crippen molar-refractivity contribution in [1.29, 1.82) is 0 Å². The van der Waals surface area contributed by atoms with E-state index in [4.69, 9.17) is 21.1 Å². The molecule has 1 aromatic carbocycles. The van der Waals surface area contributed by atoms with Gasteiger partial charge in [-0.15, -0.1) is 0 Å². The Morgan fingerprint density at radius 3 is 2.64 bits per heavy atom. The summed E-state index contributed by atoms with van der Waals surface area (Å²) in [6.07, 6.45) is 0.942. The molecule has 1 rings (SSSR count). The first kappa shape index (κ1) is 11.3. The van der Waals surface area contributed by atoms with Gasteiger partial charge in [-0.2, -0.15) is 0 Å². The zero-order chi connectivity index (χ0) is 10.4. The summed E-state index contributed by atoms with van der Waals surface area (Å²) in [5.41, 5.74) is 1.14. The summed E-state index contributed by atoms with van der Waals surface area (Å²) in [6, 6.07) is 5.76. The van der Waals surface area contributed by atoms with E-state index in [0.29, 0.717) is 13.2 Å². The third-order valence-corrected chi connectivity index (χ3v) is 2.31. The van der Waals surface area contributed by atoms with Crippen molar-refractivity contribution >= 4 is 11.6 Å². The maximum atomic E-state index is 6.03. The largest absolute Gasteiger partial charge is 0.491 e. The summed E-state index contributed by atoms with van der Waals surface area (Å²) in [6.45, 7) is 3.22. The van der Waals surface area contributed by atoms with Gasteiger partial charge in [0.25, 0.3) is 0 Å². The van der Waals surface area contributed by atoms with Crippen LogP contribution in [-0.4, -0.2) is 20.3 Å². The number of benzene rings is 1. The van der Waals surface area contributed by atoms with Crippen molar-refractivity contribution < 1.29 is 9.47 Å². The molecule has 0 N–H and O–H groups in total. The van der Waals surface area contributed by atoms with Crippen molar-refractivity contribution in [2.75, 3.05) is 20.3 Å². The fraction of sp³-hybridized carbons (Fsp3) is 0.455. The maximum absolute atomic E-state index is 6.03. The second-order valence-electron chi connectivity index (χ2n) is 2.95. The van der Waals surface area contributed by atoms with Gasteiger partial charge in [-0.05, 0) is 24.1 Å². The van der Waals surface area contributed by atoms with Gasteiger partial charge in [0.05, 0.1) is 6.61 Å². The molecule has 14 heavy (non-hydrogen) atoms. The van der Waals surface area contributed by atoms with Crippen molar-refractivity contribution in [3.8, 4) is 5.75 Å². The molecule has 0 saturated carbocycles. The molecule has 0 spiro atoms. The van der Waals surface area contributed by atoms with Crippen LogP contribution in [0.15, 0.2) is 18.2 Å². The summed E-state index contributed by atoms with van der Waals surface area (Å²) >= 11 is 6.03. The van der Waals surface area contributed by atoms with Gasteiger partial charge < -0.3 is 9.47 Å². The summed E-state index contributed by atoms with van der Waals surface area (Å²) < 4.78 is 10.3. The van der Waals surface area contributed by atoms with E-state index >= 15 is 0 Å². The van der Waals surface area contributed by atoms with Crippen molar-refractivity contribution in [3.05, 3.63) is 28.8 Å². The van der Waals surface area contributed by atoms with E-state index in [1.54, 1.807) is 7.11 Å². The Morgan fingerprint density at radius 2 is 2.07 bits per heavy atom. The van der Waals surface area contributed by atoms with Gasteiger partial charge in [0.2, 0.25) is 0 Å². The van der Waals surface area contributed by atoms with Crippen LogP contribution in [0.4, 0.5) is 0 Å². The van der Waals surface area contributed by atoms with E-state index < -0.39 is 0 Å². The first-order valence-corrected chi connectivity index (χ1v) is 5.06. The lowest BCUT2D eigenvalue weighted by Crippen LogP contribution is -2.04. The Morgan fingerprint density at radius 1 is 1.29 bits per heavy atom. The van der Waals surface area contributed by atoms with Crippen LogP contribution in [0.1, 0.15) is 12.5 Å². The van der Waals surface area contributed by atoms with Crippen molar-refractivity contribution in [2.24, 2.45) is 0 Å². The number of ether oxygens (including phenoxy) is 2. The molecule has 0 aromatic heterocycles. The predicted molar refractivity (Wildman–Crippen MR) is 58.2 cm³/mol. The van der Waals surface area contributed by atoms with Crippen LogP contribution >= 0.6 is 11.6 Å². The van der Waals surface area contributed by atoms with E-state index in [0.717, 1.165) is 22.8 Å². The van der Waals surface area contributed by atoms with Crippen LogP contribution < -0.4 is 4.74 Å². The lowest BCUT2D eigenvalue weighted by Gasteiger charge is -2.07. The summed E-state index contributed by atoms with van der Waals surface area (Å²) in [5.74, 6) is 0.796. The Bertz CT molecular complexity index is 287. The molecule has 0 atom stereocenters. The summed E-state index contributed by atoms with van der Waals surface area (Å²) in [5, 5.41) is 0.766. The van der Waals surface area contributed by atoms with Gasteiger partial charge in [-0.25, -0.2) is 0 Å². The van der Waals surface area contributed by atoms with Gasteiger partial charge in [0, 0.05) is 12.1 Å². The van der Waals surface area contributed by atoms with E-state index in [-0.39, 0.29) is 0 Å². The smallest absolute Gasteiger partial charge is 0.120 e. The van der Waals surface area contributed by atoms with Gasteiger partial charge in [-0.1, -0.05) is 24.6 Å². The molecule has 0 heterocycles. The van der Waals surface area contributed by atoms with Crippen molar-refractivity contribution in [2.45, 2.75) is 13.3 Å². The van der Waals surface area contributed by atoms with Gasteiger partial charge in [-0.3, -0.25) is 0 Å². The third-order valence-electron chi connectivity index (χ3n) is 1.96. The second kappa shape index (κ2) is 5.89. The topological polar surface area (TPSA) is 18.5 Å². The van der Waals surface area contributed by atoms with Crippen LogP contribution in [0.3, 0.4) is 0 Å². The minimum atomic E-state index is 0.554. The lowest BCUT2D eigenvalue weighted by molar-refractivity contribution is 0.146. The molecule has 0 aliphatic carbocycles. The molecule has 0 aliphatic heterocycles. The zero-order valence-electron chi connectivity index (χ0n) is 8.55. The Labute approximate surface area is 89.8 Å². The Kier molecular flexibility index (Phi) is 4.77. The zero-order valence-corrected chi connectivity index (χ0v) is 9.30. The van der Waals surface area contributed by atoms with Crippen LogP contribution in [0.5, 0.6) is 5.75 Å². The van der Waals surface area contributed by atoms with E-state index in [9.17, 15) is 0 Å². The standard InChI is InChI=1S/C11H15ClO2/c1-3-9-4-5-10(8-11(9)12)14-7-6-13-2/h4-5,8H,3,6-7H2,1-2H3. The summed E-state index contributed by atoms with van der Waals surface area (Å²) in [7, 11) is 1.65. The van der Waals surface area contributed by atoms with E-state index in [2.05, 4.69) is 6.92 Å². The van der Waals surface area contributed by atoms with Gasteiger partial charge in [0.1, 0.15) is 12.4 Å². The maximum Gasteiger partial charge on any atom is 0.120 e. The Balaban J connectivity index is 2.57. The molecule has 1 aromatic rings. The number of hydrogen-bond acceptors (Lipinski definition) is 2. The molecule has 0 amide bonds. The third kappa shape index (κ3) is 3.20. The molecule has 0 saturated heterocycles. The number of hydrogen-bond donors (Lipinski definition) is 0. The molecule has 0 fully saturated rings. The molecule has 0 bridgehead atoms. The summed E-state index contributed by atoms with van der Waals surface area (Å²) in [4.78, 5) is 0. The highest BCUT2D eigenvalue weighted by molar-refractivity contribution is 6.31. The molecule has 0 unspecified atom stereocenters. The Hall–Kier alpha value is -0.730. The number of rotatable bonds is 5. The van der Waals surface area contributed by atoms with Gasteiger partial charge in [0.15, 0.2) is 0 Å². The van der Waals surface area contributed by atoms with Crippen LogP contribution in [0, 0.1) is 0 Å². The number of aryl methyl sites for hydroxylation is 1. The number of halogens is 1. The highest BCUT2D eigenvalue weighted by atomic mass is 35.5. The lowest BCUT2D eigenvalue weighted by atomic mass is 10.2. The molecule has 0 aliphatic rings. The van der Waals surface area contributed by atoms with Crippen molar-refractivity contribution in [1.82, 2.24) is 0 Å². The minimum absolute atomic E-state index is 0.554. The van der Waals surface area contributed by atoms with Crippen molar-refractivity contribution in [3.63, 3.8) is 0 Å². The number of methoxy groups -OCH3 is 1. The fourth-order valence-corrected chi connectivity index (χ4v) is 1.45. The first-order chi connectivity index (χ1) is 6.77. The molecular formula is C11H15ClO2. The highest BCUT2D eigenvalue weighted by Gasteiger charge is 2.00. The SMILES string of the molecule is CCc1ccc(OCCOC)cc1Cl. The molecule has 2 nitrogen and oxygen atoms in total. The molecule has 0 radical (unpaired) electrons. The molecule has 3 heteroatoms. The monoisotopic (exact) mass is 214 g/mol.